The number of rotatable bonds is 5. The summed E-state index contributed by atoms with van der Waals surface area (Å²) in [5.41, 5.74) is 0. The summed E-state index contributed by atoms with van der Waals surface area (Å²) in [5.74, 6) is -0.322. The molecule has 2 aliphatic heterocycles. The van der Waals surface area contributed by atoms with Crippen molar-refractivity contribution in [1.29, 1.82) is 5.41 Å². The van der Waals surface area contributed by atoms with Crippen LogP contribution in [0.25, 0.3) is 0 Å². The third-order valence-corrected chi connectivity index (χ3v) is 6.25. The molecular weight excluding hydrogens is 352 g/mol. The Morgan fingerprint density at radius 3 is 2.43 bits per heavy atom. The van der Waals surface area contributed by atoms with Crippen LogP contribution in [0.1, 0.15) is 25.7 Å². The van der Waals surface area contributed by atoms with Crippen LogP contribution in [0.4, 0.5) is 4.79 Å². The number of fused-ring (bicyclic) bond motifs is 2. The van der Waals surface area contributed by atoms with Crippen LogP contribution in [0.5, 0.6) is 0 Å². The Morgan fingerprint density at radius 1 is 1.22 bits per heavy atom. The third-order valence-electron chi connectivity index (χ3n) is 4.05. The molecule has 3 N–H and O–H groups in total. The number of hydrogen-bond acceptors (Lipinski definition) is 7. The predicted octanol–water partition coefficient (Wildman–Crippen LogP) is -0.952. The summed E-state index contributed by atoms with van der Waals surface area (Å²) < 4.78 is 60.5. The first-order valence-corrected chi connectivity index (χ1v) is 9.86. The Labute approximate surface area is 133 Å². The van der Waals surface area contributed by atoms with Crippen molar-refractivity contribution in [3.8, 4) is 0 Å². The molecule has 2 heterocycles. The number of carbonyl (C=O) groups excluding carboxylic acids is 1. The van der Waals surface area contributed by atoms with E-state index in [0.29, 0.717) is 24.3 Å². The molecule has 1 aliphatic carbocycles. The fourth-order valence-electron chi connectivity index (χ4n) is 2.81. The van der Waals surface area contributed by atoms with Crippen molar-refractivity contribution >= 4 is 32.3 Å². The monoisotopic (exact) mass is 368 g/mol. The highest BCUT2D eigenvalue weighted by Crippen LogP contribution is 2.32. The Bertz CT molecular complexity index is 745. The van der Waals surface area contributed by atoms with Crippen LogP contribution in [0.15, 0.2) is 0 Å². The summed E-state index contributed by atoms with van der Waals surface area (Å²) in [7, 11) is -8.44. The number of carbonyl (C=O) groups is 1. The first kappa shape index (κ1) is 16.4. The number of amidine groups is 1. The largest absolute Gasteiger partial charge is 0.418 e. The fourth-order valence-corrected chi connectivity index (χ4v) is 4.57. The van der Waals surface area contributed by atoms with E-state index < -0.39 is 43.8 Å². The summed E-state index contributed by atoms with van der Waals surface area (Å²) in [6.07, 6.45) is 1.70. The quantitative estimate of drug-likeness (QED) is 0.320. The lowest BCUT2D eigenvalue weighted by atomic mass is 10.0. The molecule has 11 nitrogen and oxygen atoms in total. The van der Waals surface area contributed by atoms with E-state index >= 15 is 0 Å². The van der Waals surface area contributed by atoms with Gasteiger partial charge in [-0.2, -0.15) is 13.5 Å². The average molecular weight is 368 g/mol. The second-order valence-corrected chi connectivity index (χ2v) is 8.74. The second-order valence-electron chi connectivity index (χ2n) is 5.77. The minimum atomic E-state index is -4.84. The van der Waals surface area contributed by atoms with Crippen molar-refractivity contribution < 1.29 is 30.5 Å². The van der Waals surface area contributed by atoms with Gasteiger partial charge in [-0.3, -0.25) is 14.7 Å². The zero-order chi connectivity index (χ0) is 17.0. The van der Waals surface area contributed by atoms with Crippen LogP contribution < -0.4 is 4.72 Å². The van der Waals surface area contributed by atoms with Gasteiger partial charge in [0.15, 0.2) is 0 Å². The molecule has 0 radical (unpaired) electrons. The molecule has 13 heteroatoms. The number of urea groups is 1. The van der Waals surface area contributed by atoms with Gasteiger partial charge in [0.05, 0.1) is 17.3 Å². The van der Waals surface area contributed by atoms with Gasteiger partial charge < -0.3 is 4.90 Å². The molecule has 2 bridgehead atoms. The van der Waals surface area contributed by atoms with Crippen LogP contribution >= 0.6 is 0 Å². The van der Waals surface area contributed by atoms with Crippen molar-refractivity contribution in [2.24, 2.45) is 0 Å². The Kier molecular flexibility index (Phi) is 3.78. The summed E-state index contributed by atoms with van der Waals surface area (Å²) in [5, 5.41) is 8.00. The minimum absolute atomic E-state index is 0.0898. The molecule has 0 aromatic rings. The summed E-state index contributed by atoms with van der Waals surface area (Å²) in [6.45, 7) is 0.0898. The number of amides is 2. The number of piperidine rings is 1. The lowest BCUT2D eigenvalue weighted by Gasteiger charge is -2.30. The third kappa shape index (κ3) is 3.27. The van der Waals surface area contributed by atoms with Crippen LogP contribution in [0, 0.1) is 5.41 Å². The van der Waals surface area contributed by atoms with Gasteiger partial charge in [-0.15, -0.1) is 4.28 Å². The van der Waals surface area contributed by atoms with Gasteiger partial charge >= 0.3 is 16.4 Å². The number of hydrogen-bond donors (Lipinski definition) is 3. The van der Waals surface area contributed by atoms with Crippen molar-refractivity contribution in [3.05, 3.63) is 0 Å². The number of nitrogens with zero attached hydrogens (tertiary/aromatic N) is 2. The van der Waals surface area contributed by atoms with Crippen molar-refractivity contribution in [2.75, 3.05) is 6.54 Å². The van der Waals surface area contributed by atoms with E-state index in [1.54, 1.807) is 0 Å². The van der Waals surface area contributed by atoms with Gasteiger partial charge in [-0.05, 0) is 25.7 Å². The van der Waals surface area contributed by atoms with E-state index in [2.05, 4.69) is 9.01 Å². The van der Waals surface area contributed by atoms with Crippen LogP contribution in [-0.2, 0) is 24.7 Å². The lowest BCUT2D eigenvalue weighted by molar-refractivity contribution is -0.0316. The molecule has 2 amide bonds. The smallest absolute Gasteiger partial charge is 0.310 e. The highest BCUT2D eigenvalue weighted by molar-refractivity contribution is 7.91. The van der Waals surface area contributed by atoms with E-state index in [0.717, 1.165) is 4.90 Å². The zero-order valence-corrected chi connectivity index (χ0v) is 13.5. The number of sulfonamides is 1. The van der Waals surface area contributed by atoms with E-state index in [9.17, 15) is 21.6 Å². The molecule has 23 heavy (non-hydrogen) atoms. The van der Waals surface area contributed by atoms with E-state index in [-0.39, 0.29) is 18.8 Å². The van der Waals surface area contributed by atoms with E-state index in [1.165, 1.54) is 0 Å². The highest BCUT2D eigenvalue weighted by Gasteiger charge is 2.49. The van der Waals surface area contributed by atoms with Crippen molar-refractivity contribution in [3.63, 3.8) is 0 Å². The van der Waals surface area contributed by atoms with E-state index in [1.807, 2.05) is 0 Å². The Balaban J connectivity index is 1.72. The molecule has 0 aromatic carbocycles. The summed E-state index contributed by atoms with van der Waals surface area (Å²) >= 11 is 0. The lowest BCUT2D eigenvalue weighted by Crippen LogP contribution is -2.51. The van der Waals surface area contributed by atoms with Gasteiger partial charge in [0.2, 0.25) is 10.0 Å². The first-order valence-electron chi connectivity index (χ1n) is 6.95. The maximum Gasteiger partial charge on any atom is 0.418 e. The van der Waals surface area contributed by atoms with Gasteiger partial charge in [0, 0.05) is 6.54 Å². The van der Waals surface area contributed by atoms with Gasteiger partial charge in [0.1, 0.15) is 5.84 Å². The van der Waals surface area contributed by atoms with Crippen molar-refractivity contribution in [1.82, 2.24) is 14.7 Å². The summed E-state index contributed by atoms with van der Waals surface area (Å²) in [6, 6.07) is -2.21. The molecular formula is C10H16N4O7S2. The van der Waals surface area contributed by atoms with E-state index in [4.69, 9.17) is 9.96 Å². The average Bonchev–Trinajstić information content (AvgIpc) is 3.24. The normalized spacial score (nSPS) is 28.1. The van der Waals surface area contributed by atoms with Crippen LogP contribution in [0.2, 0.25) is 0 Å². The SMILES string of the molecule is N=C(NS(=O)(=O)C1CC1)C1CCC2CN1C(=O)N2OS(=O)(=O)O. The molecule has 0 aromatic heterocycles. The minimum Gasteiger partial charge on any atom is -0.310 e. The molecule has 130 valence electrons. The topological polar surface area (TPSA) is 157 Å². The maximum absolute atomic E-state index is 12.2. The van der Waals surface area contributed by atoms with Gasteiger partial charge in [-0.25, -0.2) is 13.2 Å². The Hall–Kier alpha value is -1.44. The van der Waals surface area contributed by atoms with Gasteiger partial charge in [-0.1, -0.05) is 0 Å². The Morgan fingerprint density at radius 2 is 1.87 bits per heavy atom. The number of hydroxylamine groups is 2. The maximum atomic E-state index is 12.2. The van der Waals surface area contributed by atoms with Crippen LogP contribution in [0.3, 0.4) is 0 Å². The van der Waals surface area contributed by atoms with Gasteiger partial charge in [0.25, 0.3) is 0 Å². The molecule has 2 unspecified atom stereocenters. The molecule has 0 spiro atoms. The standard InChI is InChI=1S/C10H16N4O7S2/c11-9(12-22(16,17)7-2-3-7)8-4-1-6-5-13(8)10(15)14(6)21-23(18,19)20/h6-8H,1-5H2,(H2,11,12)(H,18,19,20). The fraction of sp³-hybridized carbons (Fsp3) is 0.800. The first-order chi connectivity index (χ1) is 10.6. The molecule has 2 atom stereocenters. The molecule has 3 rings (SSSR count). The molecule has 2 saturated heterocycles. The second kappa shape index (κ2) is 5.29. The highest BCUT2D eigenvalue weighted by atomic mass is 32.3. The molecule has 3 aliphatic rings. The molecule has 3 fully saturated rings. The predicted molar refractivity (Wildman–Crippen MR) is 76.2 cm³/mol. The number of nitrogens with one attached hydrogen (secondary N) is 2. The molecule has 1 saturated carbocycles. The van der Waals surface area contributed by atoms with Crippen LogP contribution in [-0.4, -0.2) is 67.1 Å². The zero-order valence-electron chi connectivity index (χ0n) is 11.9. The summed E-state index contributed by atoms with van der Waals surface area (Å²) in [4.78, 5) is 13.3. The van der Waals surface area contributed by atoms with Crippen molar-refractivity contribution in [2.45, 2.75) is 43.0 Å².